The van der Waals surface area contributed by atoms with E-state index in [-0.39, 0.29) is 24.4 Å². The summed E-state index contributed by atoms with van der Waals surface area (Å²) in [6.45, 7) is 1.67. The van der Waals surface area contributed by atoms with Crippen LogP contribution in [0.5, 0.6) is 11.5 Å². The zero-order valence-electron chi connectivity index (χ0n) is 15.3. The molecule has 144 valence electrons. The highest BCUT2D eigenvalue weighted by atomic mass is 32.1. The molecular weight excluding hydrogens is 366 g/mol. The summed E-state index contributed by atoms with van der Waals surface area (Å²) in [4.78, 5) is 27.1. The van der Waals surface area contributed by atoms with Gasteiger partial charge in [-0.15, -0.1) is 11.3 Å². The van der Waals surface area contributed by atoms with Crippen LogP contribution in [0.1, 0.15) is 22.5 Å². The maximum Gasteiger partial charge on any atom is 0.309 e. The molecule has 0 saturated carbocycles. The molecule has 0 atom stereocenters. The van der Waals surface area contributed by atoms with Crippen molar-refractivity contribution >= 4 is 23.2 Å². The van der Waals surface area contributed by atoms with Gasteiger partial charge in [0.15, 0.2) is 0 Å². The Morgan fingerprint density at radius 2 is 1.78 bits per heavy atom. The van der Waals surface area contributed by atoms with Gasteiger partial charge in [-0.05, 0) is 48.6 Å². The van der Waals surface area contributed by atoms with Gasteiger partial charge in [-0.3, -0.25) is 9.59 Å². The van der Waals surface area contributed by atoms with Crippen LogP contribution in [0.15, 0.2) is 41.8 Å². The summed E-state index contributed by atoms with van der Waals surface area (Å²) in [5, 5.41) is 1.89. The Bertz CT molecular complexity index is 736. The molecule has 0 radical (unpaired) electrons. The second-order valence-corrected chi connectivity index (χ2v) is 7.18. The summed E-state index contributed by atoms with van der Waals surface area (Å²) in [6.07, 6.45) is 1.27. The molecule has 1 fully saturated rings. The quantitative estimate of drug-likeness (QED) is 0.537. The van der Waals surface area contributed by atoms with Gasteiger partial charge in [0.05, 0.1) is 17.9 Å². The number of methoxy groups -OCH3 is 1. The zero-order chi connectivity index (χ0) is 19.1. The molecule has 1 aliphatic rings. The number of hydrogen-bond donors (Lipinski definition) is 0. The topological polar surface area (TPSA) is 65.1 Å². The van der Waals surface area contributed by atoms with E-state index >= 15 is 0 Å². The van der Waals surface area contributed by atoms with Gasteiger partial charge in [0.2, 0.25) is 0 Å². The van der Waals surface area contributed by atoms with Crippen LogP contribution in [-0.4, -0.2) is 50.2 Å². The first-order valence-electron chi connectivity index (χ1n) is 8.93. The predicted molar refractivity (Wildman–Crippen MR) is 102 cm³/mol. The molecule has 1 saturated heterocycles. The number of esters is 1. The largest absolute Gasteiger partial charge is 0.497 e. The average molecular weight is 389 g/mol. The molecular formula is C20H23NO5S. The standard InChI is InChI=1S/C20H23NO5S/c1-24-16-4-6-17(7-5-16)25-12-13-26-20(23)15-8-10-21(11-9-15)19(22)18-3-2-14-27-18/h2-7,14-15H,8-13H2,1H3. The third kappa shape index (κ3) is 5.23. The lowest BCUT2D eigenvalue weighted by molar-refractivity contribution is -0.150. The second-order valence-electron chi connectivity index (χ2n) is 6.24. The van der Waals surface area contributed by atoms with E-state index < -0.39 is 0 Å². The molecule has 0 spiro atoms. The fraction of sp³-hybridized carbons (Fsp3) is 0.400. The van der Waals surface area contributed by atoms with E-state index in [1.165, 1.54) is 11.3 Å². The molecule has 2 heterocycles. The molecule has 1 aliphatic heterocycles. The first-order chi connectivity index (χ1) is 13.2. The maximum absolute atomic E-state index is 12.3. The van der Waals surface area contributed by atoms with E-state index in [1.807, 2.05) is 34.5 Å². The number of thiophene rings is 1. The summed E-state index contributed by atoms with van der Waals surface area (Å²) < 4.78 is 16.0. The number of nitrogens with zero attached hydrogens (tertiary/aromatic N) is 1. The first kappa shape index (κ1) is 19.2. The number of hydrogen-bond acceptors (Lipinski definition) is 6. The zero-order valence-corrected chi connectivity index (χ0v) is 16.1. The van der Waals surface area contributed by atoms with Crippen molar-refractivity contribution in [1.29, 1.82) is 0 Å². The fourth-order valence-electron chi connectivity index (χ4n) is 2.97. The van der Waals surface area contributed by atoms with Gasteiger partial charge in [0.1, 0.15) is 24.7 Å². The molecule has 0 bridgehead atoms. The van der Waals surface area contributed by atoms with Crippen LogP contribution in [0.25, 0.3) is 0 Å². The van der Waals surface area contributed by atoms with Crippen LogP contribution in [0.3, 0.4) is 0 Å². The minimum Gasteiger partial charge on any atom is -0.497 e. The molecule has 2 aromatic rings. The summed E-state index contributed by atoms with van der Waals surface area (Å²) in [7, 11) is 1.61. The number of rotatable bonds is 7. The van der Waals surface area contributed by atoms with Crippen molar-refractivity contribution in [3.8, 4) is 11.5 Å². The smallest absolute Gasteiger partial charge is 0.309 e. The van der Waals surface area contributed by atoms with Crippen LogP contribution < -0.4 is 9.47 Å². The molecule has 0 N–H and O–H groups in total. The minimum atomic E-state index is -0.212. The van der Waals surface area contributed by atoms with E-state index in [1.54, 1.807) is 19.2 Å². The van der Waals surface area contributed by atoms with Crippen LogP contribution in [0.4, 0.5) is 0 Å². The van der Waals surface area contributed by atoms with E-state index in [2.05, 4.69) is 0 Å². The normalized spacial score (nSPS) is 14.6. The third-order valence-corrected chi connectivity index (χ3v) is 5.36. The lowest BCUT2D eigenvalue weighted by Gasteiger charge is -2.30. The highest BCUT2D eigenvalue weighted by Crippen LogP contribution is 2.22. The molecule has 6 nitrogen and oxygen atoms in total. The summed E-state index contributed by atoms with van der Waals surface area (Å²) >= 11 is 1.44. The van der Waals surface area contributed by atoms with Gasteiger partial charge in [0, 0.05) is 13.1 Å². The minimum absolute atomic E-state index is 0.0460. The lowest BCUT2D eigenvalue weighted by Crippen LogP contribution is -2.40. The Balaban J connectivity index is 1.35. The van der Waals surface area contributed by atoms with Crippen molar-refractivity contribution in [2.75, 3.05) is 33.4 Å². The van der Waals surface area contributed by atoms with E-state index in [9.17, 15) is 9.59 Å². The molecule has 0 unspecified atom stereocenters. The Kier molecular flexibility index (Phi) is 6.70. The monoisotopic (exact) mass is 389 g/mol. The lowest BCUT2D eigenvalue weighted by atomic mass is 9.97. The number of likely N-dealkylation sites (tertiary alicyclic amines) is 1. The summed E-state index contributed by atoms with van der Waals surface area (Å²) in [6, 6.07) is 10.9. The van der Waals surface area contributed by atoms with E-state index in [0.717, 1.165) is 10.6 Å². The molecule has 1 aromatic carbocycles. The first-order valence-corrected chi connectivity index (χ1v) is 9.81. The Labute approximate surface area is 162 Å². The van der Waals surface area contributed by atoms with Gasteiger partial charge in [0.25, 0.3) is 5.91 Å². The summed E-state index contributed by atoms with van der Waals surface area (Å²) in [5.41, 5.74) is 0. The van der Waals surface area contributed by atoms with Crippen molar-refractivity contribution in [2.45, 2.75) is 12.8 Å². The van der Waals surface area contributed by atoms with Gasteiger partial charge < -0.3 is 19.1 Å². The molecule has 7 heteroatoms. The van der Waals surface area contributed by atoms with Crippen molar-refractivity contribution in [3.63, 3.8) is 0 Å². The molecule has 3 rings (SSSR count). The Morgan fingerprint density at radius 3 is 2.41 bits per heavy atom. The van der Waals surface area contributed by atoms with Gasteiger partial charge >= 0.3 is 5.97 Å². The number of piperidine rings is 1. The molecule has 27 heavy (non-hydrogen) atoms. The van der Waals surface area contributed by atoms with Gasteiger partial charge in [-0.2, -0.15) is 0 Å². The Hall–Kier alpha value is -2.54. The van der Waals surface area contributed by atoms with Gasteiger partial charge in [-0.25, -0.2) is 0 Å². The number of carbonyl (C=O) groups is 2. The number of carbonyl (C=O) groups excluding carboxylic acids is 2. The average Bonchev–Trinajstić information content (AvgIpc) is 3.26. The van der Waals surface area contributed by atoms with Crippen LogP contribution in [0.2, 0.25) is 0 Å². The number of amides is 1. The van der Waals surface area contributed by atoms with Gasteiger partial charge in [-0.1, -0.05) is 6.07 Å². The number of benzene rings is 1. The van der Waals surface area contributed by atoms with Crippen molar-refractivity contribution in [2.24, 2.45) is 5.92 Å². The van der Waals surface area contributed by atoms with E-state index in [0.29, 0.717) is 38.3 Å². The SMILES string of the molecule is COc1ccc(OCCOC(=O)C2CCN(C(=O)c3cccs3)CC2)cc1. The molecule has 1 aromatic heterocycles. The van der Waals surface area contributed by atoms with Crippen LogP contribution in [-0.2, 0) is 9.53 Å². The Morgan fingerprint density at radius 1 is 1.07 bits per heavy atom. The maximum atomic E-state index is 12.3. The summed E-state index contributed by atoms with van der Waals surface area (Å²) in [5.74, 6) is 1.14. The van der Waals surface area contributed by atoms with E-state index in [4.69, 9.17) is 14.2 Å². The highest BCUT2D eigenvalue weighted by Gasteiger charge is 2.29. The fourth-order valence-corrected chi connectivity index (χ4v) is 3.66. The molecule has 1 amide bonds. The van der Waals surface area contributed by atoms with Crippen molar-refractivity contribution in [1.82, 2.24) is 4.90 Å². The number of ether oxygens (including phenoxy) is 3. The third-order valence-electron chi connectivity index (χ3n) is 4.50. The molecule has 0 aliphatic carbocycles. The highest BCUT2D eigenvalue weighted by molar-refractivity contribution is 7.12. The predicted octanol–water partition coefficient (Wildman–Crippen LogP) is 3.23. The van der Waals surface area contributed by atoms with Crippen LogP contribution in [0, 0.1) is 5.92 Å². The second kappa shape index (κ2) is 9.41. The van der Waals surface area contributed by atoms with Crippen LogP contribution >= 0.6 is 11.3 Å². The van der Waals surface area contributed by atoms with Crippen molar-refractivity contribution < 1.29 is 23.8 Å². The van der Waals surface area contributed by atoms with Crippen molar-refractivity contribution in [3.05, 3.63) is 46.7 Å².